The van der Waals surface area contributed by atoms with Crippen molar-refractivity contribution >= 4 is 16.6 Å². The van der Waals surface area contributed by atoms with Crippen LogP contribution >= 0.6 is 0 Å². The Morgan fingerprint density at radius 2 is 2.07 bits per heavy atom. The normalized spacial score (nSPS) is 25.4. The number of likely N-dealkylation sites (tertiary alicyclic amines) is 1. The van der Waals surface area contributed by atoms with E-state index in [4.69, 9.17) is 4.74 Å². The van der Waals surface area contributed by atoms with E-state index in [1.54, 1.807) is 20.1 Å². The molecule has 2 atom stereocenters. The molecule has 1 aromatic rings. The lowest BCUT2D eigenvalue weighted by Gasteiger charge is -2.36. The summed E-state index contributed by atoms with van der Waals surface area (Å²) in [4.78, 5) is 6.87. The van der Waals surface area contributed by atoms with Crippen LogP contribution in [-0.2, 0) is 17.4 Å². The highest BCUT2D eigenvalue weighted by molar-refractivity contribution is 7.81. The van der Waals surface area contributed by atoms with Gasteiger partial charge in [0, 0.05) is 37.9 Å². The molecular formula is C22H32FN3O2S. The fraction of sp³-hybridized carbons (Fsp3) is 0.682. The zero-order chi connectivity index (χ0) is 20.6. The van der Waals surface area contributed by atoms with Gasteiger partial charge in [-0.15, -0.1) is 0 Å². The summed E-state index contributed by atoms with van der Waals surface area (Å²) < 4.78 is 33.7. The van der Waals surface area contributed by atoms with Gasteiger partial charge in [0.25, 0.3) is 0 Å². The Hall–Kier alpha value is -1.31. The number of rotatable bonds is 5. The summed E-state index contributed by atoms with van der Waals surface area (Å²) in [5.74, 6) is 1.44. The number of pyridine rings is 1. The quantitative estimate of drug-likeness (QED) is 0.732. The molecule has 0 bridgehead atoms. The van der Waals surface area contributed by atoms with Gasteiger partial charge in [-0.2, -0.15) is 0 Å². The Balaban J connectivity index is 1.36. The number of halogens is 1. The lowest BCUT2D eigenvalue weighted by molar-refractivity contribution is 0.0606. The zero-order valence-electron chi connectivity index (χ0n) is 17.7. The third-order valence-electron chi connectivity index (χ3n) is 6.27. The lowest BCUT2D eigenvalue weighted by atomic mass is 9.88. The fourth-order valence-electron chi connectivity index (χ4n) is 4.74. The number of hydrogen-bond acceptors (Lipinski definition) is 4. The first-order valence-corrected chi connectivity index (χ1v) is 12.1. The minimum absolute atomic E-state index is 0.209. The minimum Gasteiger partial charge on any atom is -0.488 e. The van der Waals surface area contributed by atoms with E-state index in [2.05, 4.69) is 22.0 Å². The highest BCUT2D eigenvalue weighted by Crippen LogP contribution is 2.36. The fourth-order valence-corrected chi connectivity index (χ4v) is 5.37. The first-order valence-electron chi connectivity index (χ1n) is 10.6. The van der Waals surface area contributed by atoms with Crippen LogP contribution in [0.4, 0.5) is 4.39 Å². The lowest BCUT2D eigenvalue weighted by Crippen LogP contribution is -2.43. The first kappa shape index (κ1) is 20.9. The zero-order valence-corrected chi connectivity index (χ0v) is 18.5. The summed E-state index contributed by atoms with van der Waals surface area (Å²) >= 11 is 0. The van der Waals surface area contributed by atoms with Crippen molar-refractivity contribution in [2.24, 2.45) is 5.92 Å². The van der Waals surface area contributed by atoms with Crippen molar-refractivity contribution in [1.82, 2.24) is 14.2 Å². The van der Waals surface area contributed by atoms with E-state index in [9.17, 15) is 8.60 Å². The second kappa shape index (κ2) is 8.44. The SMILES string of the molecule is CS(=O)N1CC=C(c2cc3c(cn2)OC(C2CCN(CC(C)(C)F)CC2)C3)CC1. The molecule has 0 saturated carbocycles. The van der Waals surface area contributed by atoms with Crippen molar-refractivity contribution < 1.29 is 13.3 Å². The topological polar surface area (TPSA) is 45.7 Å². The highest BCUT2D eigenvalue weighted by atomic mass is 32.2. The largest absolute Gasteiger partial charge is 0.488 e. The van der Waals surface area contributed by atoms with Gasteiger partial charge < -0.3 is 9.64 Å². The van der Waals surface area contributed by atoms with Crippen LogP contribution in [0.2, 0.25) is 0 Å². The molecule has 0 amide bonds. The molecule has 0 aromatic carbocycles. The van der Waals surface area contributed by atoms with E-state index in [-0.39, 0.29) is 6.10 Å². The number of alkyl halides is 1. The predicted molar refractivity (Wildman–Crippen MR) is 115 cm³/mol. The Morgan fingerprint density at radius 3 is 2.69 bits per heavy atom. The average molecular weight is 422 g/mol. The number of hydrogen-bond donors (Lipinski definition) is 0. The second-order valence-electron chi connectivity index (χ2n) is 9.16. The van der Waals surface area contributed by atoms with Crippen molar-refractivity contribution in [1.29, 1.82) is 0 Å². The van der Waals surface area contributed by atoms with E-state index in [1.165, 1.54) is 11.1 Å². The smallest absolute Gasteiger partial charge is 0.141 e. The number of aromatic nitrogens is 1. The summed E-state index contributed by atoms with van der Waals surface area (Å²) in [6.07, 6.45) is 9.88. The molecule has 7 heteroatoms. The van der Waals surface area contributed by atoms with E-state index in [0.717, 1.165) is 56.8 Å². The highest BCUT2D eigenvalue weighted by Gasteiger charge is 2.34. The van der Waals surface area contributed by atoms with Crippen molar-refractivity contribution in [3.63, 3.8) is 0 Å². The Kier molecular flexibility index (Phi) is 6.09. The van der Waals surface area contributed by atoms with Gasteiger partial charge in [-0.25, -0.2) is 12.9 Å². The van der Waals surface area contributed by atoms with E-state index in [0.29, 0.717) is 19.0 Å². The van der Waals surface area contributed by atoms with Gasteiger partial charge in [-0.3, -0.25) is 4.98 Å². The third-order valence-corrected chi connectivity index (χ3v) is 7.33. The molecule has 3 aliphatic heterocycles. The van der Waals surface area contributed by atoms with Gasteiger partial charge in [0.05, 0.1) is 22.9 Å². The van der Waals surface area contributed by atoms with Crippen LogP contribution in [0, 0.1) is 5.92 Å². The monoisotopic (exact) mass is 421 g/mol. The molecular weight excluding hydrogens is 389 g/mol. The van der Waals surface area contributed by atoms with Crippen LogP contribution in [0.1, 0.15) is 44.4 Å². The number of nitrogens with zero attached hydrogens (tertiary/aromatic N) is 3. The van der Waals surface area contributed by atoms with Gasteiger partial charge >= 0.3 is 0 Å². The summed E-state index contributed by atoms with van der Waals surface area (Å²) in [6.45, 7) is 7.23. The summed E-state index contributed by atoms with van der Waals surface area (Å²) in [7, 11) is -0.915. The maximum absolute atomic E-state index is 13.9. The van der Waals surface area contributed by atoms with Crippen LogP contribution in [0.5, 0.6) is 5.75 Å². The molecule has 0 radical (unpaired) electrons. The number of piperidine rings is 1. The average Bonchev–Trinajstić information content (AvgIpc) is 3.10. The van der Waals surface area contributed by atoms with Crippen molar-refractivity contribution in [3.05, 3.63) is 29.6 Å². The van der Waals surface area contributed by atoms with Crippen LogP contribution in [-0.4, -0.2) is 69.2 Å². The standard InChI is InChI=1S/C22H32FN3O2S/c1-22(2,23)15-25-8-4-17(5-9-25)20-13-18-12-19(24-14-21(18)28-20)16-6-10-26(11-7-16)29(3)27/h6,12,14,17,20H,4-5,7-11,13,15H2,1-3H3. The van der Waals surface area contributed by atoms with E-state index >= 15 is 0 Å². The molecule has 0 N–H and O–H groups in total. The molecule has 3 aliphatic rings. The molecule has 160 valence electrons. The second-order valence-corrected chi connectivity index (χ2v) is 10.5. The summed E-state index contributed by atoms with van der Waals surface area (Å²) in [5, 5.41) is 0. The van der Waals surface area contributed by atoms with Gasteiger partial charge in [-0.1, -0.05) is 6.08 Å². The molecule has 29 heavy (non-hydrogen) atoms. The van der Waals surface area contributed by atoms with Crippen LogP contribution < -0.4 is 4.74 Å². The first-order chi connectivity index (χ1) is 13.8. The Morgan fingerprint density at radius 1 is 1.31 bits per heavy atom. The number of fused-ring (bicyclic) bond motifs is 1. The molecule has 1 saturated heterocycles. The third kappa shape index (κ3) is 5.06. The molecule has 5 nitrogen and oxygen atoms in total. The van der Waals surface area contributed by atoms with Crippen molar-refractivity contribution in [2.45, 2.75) is 51.3 Å². The van der Waals surface area contributed by atoms with Gasteiger partial charge in [0.15, 0.2) is 0 Å². The predicted octanol–water partition coefficient (Wildman–Crippen LogP) is 3.23. The van der Waals surface area contributed by atoms with E-state index in [1.807, 2.05) is 10.5 Å². The van der Waals surface area contributed by atoms with Crippen LogP contribution in [0.3, 0.4) is 0 Å². The molecule has 4 rings (SSSR count). The van der Waals surface area contributed by atoms with Gasteiger partial charge in [0.2, 0.25) is 0 Å². The molecule has 2 unspecified atom stereocenters. The minimum atomic E-state index is -1.13. The Labute approximate surface area is 175 Å². The van der Waals surface area contributed by atoms with Gasteiger partial charge in [0.1, 0.15) is 17.5 Å². The van der Waals surface area contributed by atoms with Crippen molar-refractivity contribution in [2.75, 3.05) is 39.0 Å². The molecule has 1 aromatic heterocycles. The molecule has 0 aliphatic carbocycles. The maximum Gasteiger partial charge on any atom is 0.141 e. The maximum atomic E-state index is 13.9. The Bertz CT molecular complexity index is 800. The van der Waals surface area contributed by atoms with Gasteiger partial charge in [-0.05, 0) is 63.8 Å². The van der Waals surface area contributed by atoms with Crippen molar-refractivity contribution in [3.8, 4) is 5.75 Å². The number of ether oxygens (including phenoxy) is 1. The molecule has 0 spiro atoms. The van der Waals surface area contributed by atoms with Crippen LogP contribution in [0.25, 0.3) is 5.57 Å². The molecule has 1 fully saturated rings. The summed E-state index contributed by atoms with van der Waals surface area (Å²) in [5.41, 5.74) is 2.37. The molecule has 4 heterocycles. The summed E-state index contributed by atoms with van der Waals surface area (Å²) in [6, 6.07) is 2.18. The van der Waals surface area contributed by atoms with Crippen LogP contribution in [0.15, 0.2) is 18.3 Å². The van der Waals surface area contributed by atoms with E-state index < -0.39 is 16.7 Å².